The molecular formula is C21H32N4O3. The Labute approximate surface area is 165 Å². The Balaban J connectivity index is 2.33. The summed E-state index contributed by atoms with van der Waals surface area (Å²) in [6.07, 6.45) is 7.98. The molecular weight excluding hydrogens is 356 g/mol. The monoisotopic (exact) mass is 388 g/mol. The lowest BCUT2D eigenvalue weighted by molar-refractivity contribution is 0.0844. The summed E-state index contributed by atoms with van der Waals surface area (Å²) in [7, 11) is 3.25. The molecule has 0 unspecified atom stereocenters. The van der Waals surface area contributed by atoms with Gasteiger partial charge in [0.05, 0.1) is 0 Å². The topological polar surface area (TPSA) is 78.9 Å². The molecule has 0 aliphatic heterocycles. The Morgan fingerprint density at radius 3 is 2.25 bits per heavy atom. The highest BCUT2D eigenvalue weighted by Gasteiger charge is 2.29. The van der Waals surface area contributed by atoms with E-state index in [0.29, 0.717) is 12.1 Å². The SMILES string of the molecule is C=CCCCCCCCn1c(=O)c2c(nc(C(=O)C(C)(C)C)n2C)n(C)c1=O. The standard InChI is InChI=1S/C21H32N4O3/c1-7-8-9-10-11-12-13-14-25-19(27)15-17(24(6)20(25)28)22-18(23(15)5)16(26)21(2,3)4/h7H,1,8-14H2,2-6H3. The zero-order chi connectivity index (χ0) is 21.1. The smallest absolute Gasteiger partial charge is 0.319 e. The van der Waals surface area contributed by atoms with Crippen molar-refractivity contribution >= 4 is 16.9 Å². The molecule has 0 amide bonds. The number of hydrogen-bond donors (Lipinski definition) is 0. The van der Waals surface area contributed by atoms with E-state index in [9.17, 15) is 14.4 Å². The molecule has 0 spiro atoms. The molecule has 0 N–H and O–H groups in total. The molecule has 0 bridgehead atoms. The van der Waals surface area contributed by atoms with Crippen LogP contribution in [0.5, 0.6) is 0 Å². The summed E-state index contributed by atoms with van der Waals surface area (Å²) in [5, 5.41) is 0. The van der Waals surface area contributed by atoms with Crippen molar-refractivity contribution in [3.63, 3.8) is 0 Å². The molecule has 2 heterocycles. The number of hydrogen-bond acceptors (Lipinski definition) is 4. The van der Waals surface area contributed by atoms with Gasteiger partial charge in [0.2, 0.25) is 5.78 Å². The predicted octanol–water partition coefficient (Wildman–Crippen LogP) is 3.19. The first-order chi connectivity index (χ1) is 13.1. The zero-order valence-corrected chi connectivity index (χ0v) is 17.7. The van der Waals surface area contributed by atoms with E-state index in [1.165, 1.54) is 13.7 Å². The van der Waals surface area contributed by atoms with Crippen LogP contribution >= 0.6 is 0 Å². The summed E-state index contributed by atoms with van der Waals surface area (Å²) in [6.45, 7) is 9.51. The van der Waals surface area contributed by atoms with Crippen molar-refractivity contribution in [2.75, 3.05) is 0 Å². The van der Waals surface area contributed by atoms with Crippen LogP contribution in [0.15, 0.2) is 22.2 Å². The molecule has 0 atom stereocenters. The van der Waals surface area contributed by atoms with Crippen LogP contribution in [-0.2, 0) is 20.6 Å². The summed E-state index contributed by atoms with van der Waals surface area (Å²) >= 11 is 0. The van der Waals surface area contributed by atoms with Gasteiger partial charge < -0.3 is 4.57 Å². The van der Waals surface area contributed by atoms with Crippen LogP contribution in [0.3, 0.4) is 0 Å². The van der Waals surface area contributed by atoms with Crippen molar-refractivity contribution in [2.45, 2.75) is 65.8 Å². The van der Waals surface area contributed by atoms with E-state index in [2.05, 4.69) is 11.6 Å². The third kappa shape index (κ3) is 4.34. The van der Waals surface area contributed by atoms with Gasteiger partial charge in [-0.25, -0.2) is 9.78 Å². The molecule has 0 aliphatic rings. The molecule has 2 aromatic rings. The molecule has 0 saturated heterocycles. The number of allylic oxidation sites excluding steroid dienone is 1. The third-order valence-electron chi connectivity index (χ3n) is 5.03. The van der Waals surface area contributed by atoms with Crippen LogP contribution in [0.4, 0.5) is 0 Å². The summed E-state index contributed by atoms with van der Waals surface area (Å²) in [6, 6.07) is 0. The number of imidazole rings is 1. The van der Waals surface area contributed by atoms with E-state index in [1.807, 2.05) is 6.08 Å². The maximum absolute atomic E-state index is 13.0. The minimum Gasteiger partial charge on any atom is -0.319 e. The number of aryl methyl sites for hydroxylation is 2. The quantitative estimate of drug-likeness (QED) is 0.375. The van der Waals surface area contributed by atoms with E-state index in [1.54, 1.807) is 34.9 Å². The van der Waals surface area contributed by atoms with E-state index in [4.69, 9.17) is 0 Å². The fourth-order valence-corrected chi connectivity index (χ4v) is 3.27. The molecule has 154 valence electrons. The first kappa shape index (κ1) is 21.9. The second-order valence-corrected chi connectivity index (χ2v) is 8.39. The molecule has 2 aromatic heterocycles. The first-order valence-electron chi connectivity index (χ1n) is 9.93. The second-order valence-electron chi connectivity index (χ2n) is 8.39. The Morgan fingerprint density at radius 2 is 1.64 bits per heavy atom. The van der Waals surface area contributed by atoms with Crippen LogP contribution in [0.2, 0.25) is 0 Å². The minimum atomic E-state index is -0.626. The summed E-state index contributed by atoms with van der Waals surface area (Å²) in [5.74, 6) is 0.0405. The molecule has 0 radical (unpaired) electrons. The normalized spacial score (nSPS) is 11.9. The van der Waals surface area contributed by atoms with Gasteiger partial charge in [-0.15, -0.1) is 6.58 Å². The molecule has 28 heavy (non-hydrogen) atoms. The van der Waals surface area contributed by atoms with Crippen molar-refractivity contribution < 1.29 is 4.79 Å². The van der Waals surface area contributed by atoms with E-state index in [-0.39, 0.29) is 22.8 Å². The lowest BCUT2D eigenvalue weighted by atomic mass is 9.90. The van der Waals surface area contributed by atoms with Crippen LogP contribution in [-0.4, -0.2) is 24.5 Å². The second kappa shape index (κ2) is 8.71. The Morgan fingerprint density at radius 1 is 1.04 bits per heavy atom. The summed E-state index contributed by atoms with van der Waals surface area (Å²) in [4.78, 5) is 42.7. The van der Waals surface area contributed by atoms with Gasteiger partial charge in [-0.3, -0.25) is 18.7 Å². The number of ketones is 1. The number of nitrogens with zero attached hydrogens (tertiary/aromatic N) is 4. The number of carbonyl (C=O) groups is 1. The molecule has 7 heteroatoms. The van der Waals surface area contributed by atoms with Crippen LogP contribution in [0.25, 0.3) is 11.2 Å². The molecule has 0 aromatic carbocycles. The van der Waals surface area contributed by atoms with Gasteiger partial charge in [-0.05, 0) is 19.3 Å². The molecule has 0 aliphatic carbocycles. The van der Waals surface area contributed by atoms with E-state index in [0.717, 1.165) is 38.5 Å². The number of carbonyl (C=O) groups excluding carboxylic acids is 1. The lowest BCUT2D eigenvalue weighted by Gasteiger charge is -2.15. The number of aromatic nitrogens is 4. The maximum Gasteiger partial charge on any atom is 0.332 e. The number of unbranched alkanes of at least 4 members (excludes halogenated alkanes) is 5. The summed E-state index contributed by atoms with van der Waals surface area (Å²) < 4.78 is 4.15. The van der Waals surface area contributed by atoms with E-state index >= 15 is 0 Å². The predicted molar refractivity (Wildman–Crippen MR) is 112 cm³/mol. The van der Waals surface area contributed by atoms with Crippen LogP contribution in [0.1, 0.15) is 69.9 Å². The van der Waals surface area contributed by atoms with Gasteiger partial charge in [0, 0.05) is 26.1 Å². The van der Waals surface area contributed by atoms with Gasteiger partial charge in [-0.2, -0.15) is 0 Å². The highest BCUT2D eigenvalue weighted by Crippen LogP contribution is 2.21. The van der Waals surface area contributed by atoms with Gasteiger partial charge in [0.1, 0.15) is 0 Å². The fraction of sp³-hybridized carbons (Fsp3) is 0.619. The van der Waals surface area contributed by atoms with Crippen molar-refractivity contribution in [2.24, 2.45) is 19.5 Å². The average molecular weight is 389 g/mol. The Hall–Kier alpha value is -2.44. The molecule has 7 nitrogen and oxygen atoms in total. The minimum absolute atomic E-state index is 0.163. The van der Waals surface area contributed by atoms with E-state index < -0.39 is 11.1 Å². The maximum atomic E-state index is 13.0. The van der Waals surface area contributed by atoms with Crippen molar-refractivity contribution in [1.82, 2.24) is 18.7 Å². The van der Waals surface area contributed by atoms with Crippen LogP contribution < -0.4 is 11.2 Å². The number of Topliss-reactive ketones (excluding diaryl/α,β-unsaturated/α-hetero) is 1. The van der Waals surface area contributed by atoms with Crippen molar-refractivity contribution in [3.8, 4) is 0 Å². The largest absolute Gasteiger partial charge is 0.332 e. The first-order valence-corrected chi connectivity index (χ1v) is 9.93. The molecule has 2 rings (SSSR count). The van der Waals surface area contributed by atoms with Crippen molar-refractivity contribution in [1.29, 1.82) is 0 Å². The summed E-state index contributed by atoms with van der Waals surface area (Å²) in [5.41, 5.74) is -0.852. The number of fused-ring (bicyclic) bond motifs is 1. The third-order valence-corrected chi connectivity index (χ3v) is 5.03. The molecule has 0 saturated carbocycles. The highest BCUT2D eigenvalue weighted by atomic mass is 16.2. The number of rotatable bonds is 9. The zero-order valence-electron chi connectivity index (χ0n) is 17.7. The van der Waals surface area contributed by atoms with Crippen molar-refractivity contribution in [3.05, 3.63) is 39.3 Å². The van der Waals surface area contributed by atoms with Gasteiger partial charge in [0.15, 0.2) is 17.0 Å². The van der Waals surface area contributed by atoms with Gasteiger partial charge >= 0.3 is 5.69 Å². The lowest BCUT2D eigenvalue weighted by Crippen LogP contribution is -2.39. The van der Waals surface area contributed by atoms with Gasteiger partial charge in [-0.1, -0.05) is 46.1 Å². The Kier molecular flexibility index (Phi) is 6.80. The Bertz CT molecular complexity index is 986. The van der Waals surface area contributed by atoms with Crippen LogP contribution in [0, 0.1) is 5.41 Å². The average Bonchev–Trinajstić information content (AvgIpc) is 2.97. The molecule has 0 fully saturated rings. The highest BCUT2D eigenvalue weighted by molar-refractivity contribution is 5.99. The fourth-order valence-electron chi connectivity index (χ4n) is 3.27. The van der Waals surface area contributed by atoms with Gasteiger partial charge in [0.25, 0.3) is 5.56 Å².